The Morgan fingerprint density at radius 3 is 2.63 bits per heavy atom. The number of amides is 1. The first-order valence-corrected chi connectivity index (χ1v) is 6.62. The fourth-order valence-corrected chi connectivity index (χ4v) is 1.91. The number of hydrogen-bond acceptors (Lipinski definition) is 3. The summed E-state index contributed by atoms with van der Waals surface area (Å²) in [7, 11) is 0. The van der Waals surface area contributed by atoms with Gasteiger partial charge in [-0.25, -0.2) is 0 Å². The number of non-ortho nitro benzene ring substituents is 1. The Morgan fingerprint density at radius 2 is 2.11 bits per heavy atom. The van der Waals surface area contributed by atoms with Crippen LogP contribution in [-0.4, -0.2) is 28.8 Å². The maximum atomic E-state index is 12.3. The van der Waals surface area contributed by atoms with Crippen molar-refractivity contribution in [3.63, 3.8) is 0 Å². The molecule has 0 heterocycles. The Kier molecular flexibility index (Phi) is 5.76. The number of hydrogen-bond donors (Lipinski definition) is 0. The van der Waals surface area contributed by atoms with Crippen molar-refractivity contribution in [2.24, 2.45) is 0 Å². The molecular formula is C13H17ClN2O3. The highest BCUT2D eigenvalue weighted by molar-refractivity contribution is 6.33. The van der Waals surface area contributed by atoms with Crippen molar-refractivity contribution in [3.8, 4) is 0 Å². The van der Waals surface area contributed by atoms with E-state index in [9.17, 15) is 14.9 Å². The van der Waals surface area contributed by atoms with Crippen LogP contribution < -0.4 is 0 Å². The molecule has 0 bridgehead atoms. The summed E-state index contributed by atoms with van der Waals surface area (Å²) in [5.41, 5.74) is 0.0631. The van der Waals surface area contributed by atoms with Crippen LogP contribution in [0.25, 0.3) is 0 Å². The second-order valence-corrected chi connectivity index (χ2v) is 4.57. The summed E-state index contributed by atoms with van der Waals surface area (Å²) in [5.74, 6) is -0.260. The van der Waals surface area contributed by atoms with E-state index in [1.807, 2.05) is 13.8 Å². The molecule has 0 spiro atoms. The highest BCUT2D eigenvalue weighted by atomic mass is 35.5. The predicted octanol–water partition coefficient (Wildman–Crippen LogP) is 3.51. The molecule has 5 nitrogen and oxygen atoms in total. The molecule has 0 aliphatic heterocycles. The molecule has 1 rings (SSSR count). The SMILES string of the molecule is CCCCN(CC)C(=O)c1cc([N+](=O)[O-])ccc1Cl. The number of carbonyl (C=O) groups excluding carboxylic acids is 1. The molecule has 1 aromatic carbocycles. The van der Waals surface area contributed by atoms with Gasteiger partial charge in [-0.05, 0) is 19.4 Å². The highest BCUT2D eigenvalue weighted by Crippen LogP contribution is 2.23. The van der Waals surface area contributed by atoms with Crippen molar-refractivity contribution < 1.29 is 9.72 Å². The third kappa shape index (κ3) is 3.92. The molecule has 0 unspecified atom stereocenters. The van der Waals surface area contributed by atoms with E-state index in [1.54, 1.807) is 4.90 Å². The van der Waals surface area contributed by atoms with Crippen molar-refractivity contribution in [3.05, 3.63) is 38.9 Å². The summed E-state index contributed by atoms with van der Waals surface area (Å²) in [4.78, 5) is 24.1. The molecule has 0 fully saturated rings. The van der Waals surface area contributed by atoms with Gasteiger partial charge in [-0.3, -0.25) is 14.9 Å². The topological polar surface area (TPSA) is 63.5 Å². The molecule has 1 amide bonds. The molecular weight excluding hydrogens is 268 g/mol. The molecule has 19 heavy (non-hydrogen) atoms. The second-order valence-electron chi connectivity index (χ2n) is 4.16. The zero-order valence-corrected chi connectivity index (χ0v) is 11.8. The molecule has 104 valence electrons. The van der Waals surface area contributed by atoms with Crippen LogP contribution in [0, 0.1) is 10.1 Å². The molecule has 0 aliphatic rings. The van der Waals surface area contributed by atoms with Crippen LogP contribution in [0.15, 0.2) is 18.2 Å². The quantitative estimate of drug-likeness (QED) is 0.593. The lowest BCUT2D eigenvalue weighted by Crippen LogP contribution is -2.32. The minimum Gasteiger partial charge on any atom is -0.339 e. The number of rotatable bonds is 6. The van der Waals surface area contributed by atoms with Gasteiger partial charge in [0.25, 0.3) is 11.6 Å². The van der Waals surface area contributed by atoms with Crippen LogP contribution >= 0.6 is 11.6 Å². The fourth-order valence-electron chi connectivity index (χ4n) is 1.71. The Labute approximate surface area is 117 Å². The number of unbranched alkanes of at least 4 members (excludes halogenated alkanes) is 1. The van der Waals surface area contributed by atoms with Crippen molar-refractivity contribution in [2.45, 2.75) is 26.7 Å². The van der Waals surface area contributed by atoms with E-state index in [1.165, 1.54) is 18.2 Å². The second kappa shape index (κ2) is 7.09. The normalized spacial score (nSPS) is 10.3. The minimum atomic E-state index is -0.532. The zero-order valence-electron chi connectivity index (χ0n) is 11.1. The summed E-state index contributed by atoms with van der Waals surface area (Å²) < 4.78 is 0. The van der Waals surface area contributed by atoms with E-state index < -0.39 is 4.92 Å². The summed E-state index contributed by atoms with van der Waals surface area (Å²) >= 11 is 5.96. The van der Waals surface area contributed by atoms with Crippen molar-refractivity contribution in [2.75, 3.05) is 13.1 Å². The monoisotopic (exact) mass is 284 g/mol. The van der Waals surface area contributed by atoms with E-state index in [2.05, 4.69) is 0 Å². The van der Waals surface area contributed by atoms with Crippen molar-refractivity contribution in [1.29, 1.82) is 0 Å². The first kappa shape index (κ1) is 15.4. The molecule has 0 aromatic heterocycles. The van der Waals surface area contributed by atoms with Gasteiger partial charge < -0.3 is 4.90 Å². The summed E-state index contributed by atoms with van der Waals surface area (Å²) in [6, 6.07) is 3.92. The first-order valence-electron chi connectivity index (χ1n) is 6.24. The van der Waals surface area contributed by atoms with E-state index in [4.69, 9.17) is 11.6 Å². The van der Waals surface area contributed by atoms with Gasteiger partial charge in [-0.1, -0.05) is 24.9 Å². The van der Waals surface area contributed by atoms with Gasteiger partial charge in [0, 0.05) is 25.2 Å². The lowest BCUT2D eigenvalue weighted by Gasteiger charge is -2.21. The predicted molar refractivity (Wildman–Crippen MR) is 74.6 cm³/mol. The van der Waals surface area contributed by atoms with Crippen LogP contribution in [0.3, 0.4) is 0 Å². The Hall–Kier alpha value is -1.62. The number of nitro groups is 1. The van der Waals surface area contributed by atoms with Crippen LogP contribution in [0.1, 0.15) is 37.0 Å². The standard InChI is InChI=1S/C13H17ClN2O3/c1-3-5-8-15(4-2)13(17)11-9-10(16(18)19)6-7-12(11)14/h6-7,9H,3-5,8H2,1-2H3. The Balaban J connectivity index is 3.02. The van der Waals surface area contributed by atoms with Crippen molar-refractivity contribution >= 4 is 23.2 Å². The third-order valence-corrected chi connectivity index (χ3v) is 3.17. The molecule has 0 atom stereocenters. The van der Waals surface area contributed by atoms with Crippen LogP contribution in [0.4, 0.5) is 5.69 Å². The molecule has 0 saturated heterocycles. The molecule has 6 heteroatoms. The average molecular weight is 285 g/mol. The Bertz CT molecular complexity index is 477. The average Bonchev–Trinajstić information content (AvgIpc) is 2.39. The number of nitrogens with zero attached hydrogens (tertiary/aromatic N) is 2. The molecule has 0 radical (unpaired) electrons. The van der Waals surface area contributed by atoms with Gasteiger partial charge in [0.15, 0.2) is 0 Å². The molecule has 1 aromatic rings. The molecule has 0 aliphatic carbocycles. The summed E-state index contributed by atoms with van der Waals surface area (Å²) in [6.45, 7) is 5.10. The lowest BCUT2D eigenvalue weighted by molar-refractivity contribution is -0.384. The van der Waals surface area contributed by atoms with Crippen LogP contribution in [-0.2, 0) is 0 Å². The van der Waals surface area contributed by atoms with Gasteiger partial charge in [0.2, 0.25) is 0 Å². The maximum Gasteiger partial charge on any atom is 0.270 e. The molecule has 0 saturated carbocycles. The summed E-state index contributed by atoms with van der Waals surface area (Å²) in [5, 5.41) is 11.0. The van der Waals surface area contributed by atoms with Crippen molar-refractivity contribution in [1.82, 2.24) is 4.90 Å². The maximum absolute atomic E-state index is 12.3. The van der Waals surface area contributed by atoms with Gasteiger partial charge >= 0.3 is 0 Å². The van der Waals surface area contributed by atoms with E-state index in [0.29, 0.717) is 13.1 Å². The number of benzene rings is 1. The van der Waals surface area contributed by atoms with Gasteiger partial charge in [0.05, 0.1) is 15.5 Å². The molecule has 0 N–H and O–H groups in total. The van der Waals surface area contributed by atoms with E-state index in [-0.39, 0.29) is 22.2 Å². The van der Waals surface area contributed by atoms with Gasteiger partial charge in [-0.15, -0.1) is 0 Å². The number of nitro benzene ring substituents is 1. The largest absolute Gasteiger partial charge is 0.339 e. The van der Waals surface area contributed by atoms with Crippen LogP contribution in [0.5, 0.6) is 0 Å². The number of halogens is 1. The van der Waals surface area contributed by atoms with Crippen LogP contribution in [0.2, 0.25) is 5.02 Å². The lowest BCUT2D eigenvalue weighted by atomic mass is 10.1. The Morgan fingerprint density at radius 1 is 1.42 bits per heavy atom. The smallest absolute Gasteiger partial charge is 0.270 e. The fraction of sp³-hybridized carbons (Fsp3) is 0.462. The van der Waals surface area contributed by atoms with E-state index >= 15 is 0 Å². The number of carbonyl (C=O) groups is 1. The first-order chi connectivity index (χ1) is 9.01. The van der Waals surface area contributed by atoms with Gasteiger partial charge in [-0.2, -0.15) is 0 Å². The minimum absolute atomic E-state index is 0.126. The van der Waals surface area contributed by atoms with E-state index in [0.717, 1.165) is 12.8 Å². The van der Waals surface area contributed by atoms with Gasteiger partial charge in [0.1, 0.15) is 0 Å². The third-order valence-electron chi connectivity index (χ3n) is 2.84. The zero-order chi connectivity index (χ0) is 14.4. The highest BCUT2D eigenvalue weighted by Gasteiger charge is 2.19. The summed E-state index contributed by atoms with van der Waals surface area (Å²) in [6.07, 6.45) is 1.87.